The first-order valence-corrected chi connectivity index (χ1v) is 6.88. The van der Waals surface area contributed by atoms with Gasteiger partial charge in [0.05, 0.1) is 0 Å². The van der Waals surface area contributed by atoms with Crippen molar-refractivity contribution >= 4 is 29.2 Å². The Labute approximate surface area is 122 Å². The molecule has 1 atom stereocenters. The quantitative estimate of drug-likeness (QED) is 0.773. The van der Waals surface area contributed by atoms with Crippen LogP contribution in [0.4, 0.5) is 11.4 Å². The SMILES string of the molecule is CC(CC(=O)O)CC(=O)Nc1ccc2c(c1)CCC(=O)N2. The summed E-state index contributed by atoms with van der Waals surface area (Å²) in [6.07, 6.45) is 1.24. The van der Waals surface area contributed by atoms with Gasteiger partial charge in [0.25, 0.3) is 0 Å². The highest BCUT2D eigenvalue weighted by Gasteiger charge is 2.16. The molecule has 3 N–H and O–H groups in total. The smallest absolute Gasteiger partial charge is 0.303 e. The third-order valence-electron chi connectivity index (χ3n) is 3.34. The first-order chi connectivity index (χ1) is 9.94. The fourth-order valence-corrected chi connectivity index (χ4v) is 2.36. The zero-order valence-electron chi connectivity index (χ0n) is 11.8. The van der Waals surface area contributed by atoms with E-state index in [2.05, 4.69) is 10.6 Å². The monoisotopic (exact) mass is 290 g/mol. The molecule has 2 amide bonds. The van der Waals surface area contributed by atoms with Gasteiger partial charge in [0.15, 0.2) is 0 Å². The van der Waals surface area contributed by atoms with Crippen LogP contribution in [0.1, 0.15) is 31.7 Å². The van der Waals surface area contributed by atoms with Crippen molar-refractivity contribution in [1.82, 2.24) is 0 Å². The number of anilines is 2. The second-order valence-electron chi connectivity index (χ2n) is 5.38. The normalized spacial score (nSPS) is 14.8. The molecule has 1 heterocycles. The third kappa shape index (κ3) is 4.30. The van der Waals surface area contributed by atoms with Gasteiger partial charge in [-0.1, -0.05) is 6.92 Å². The Balaban J connectivity index is 1.95. The zero-order chi connectivity index (χ0) is 15.4. The van der Waals surface area contributed by atoms with E-state index in [0.29, 0.717) is 18.5 Å². The third-order valence-corrected chi connectivity index (χ3v) is 3.34. The summed E-state index contributed by atoms with van der Waals surface area (Å²) in [6, 6.07) is 5.33. The van der Waals surface area contributed by atoms with Gasteiger partial charge in [0.2, 0.25) is 11.8 Å². The summed E-state index contributed by atoms with van der Waals surface area (Å²) in [7, 11) is 0. The lowest BCUT2D eigenvalue weighted by Crippen LogP contribution is -2.20. The average Bonchev–Trinajstić information content (AvgIpc) is 2.37. The number of benzene rings is 1. The molecule has 21 heavy (non-hydrogen) atoms. The average molecular weight is 290 g/mol. The van der Waals surface area contributed by atoms with Crippen LogP contribution in [0.2, 0.25) is 0 Å². The van der Waals surface area contributed by atoms with Gasteiger partial charge >= 0.3 is 5.97 Å². The first kappa shape index (κ1) is 15.0. The molecule has 0 radical (unpaired) electrons. The molecule has 0 saturated heterocycles. The predicted octanol–water partition coefficient (Wildman–Crippen LogP) is 2.01. The van der Waals surface area contributed by atoms with Crippen molar-refractivity contribution in [1.29, 1.82) is 0 Å². The highest BCUT2D eigenvalue weighted by Crippen LogP contribution is 2.25. The van der Waals surface area contributed by atoms with Gasteiger partial charge in [-0.05, 0) is 36.1 Å². The van der Waals surface area contributed by atoms with Crippen molar-refractivity contribution in [3.05, 3.63) is 23.8 Å². The van der Waals surface area contributed by atoms with E-state index < -0.39 is 5.97 Å². The van der Waals surface area contributed by atoms with Crippen molar-refractivity contribution in [2.75, 3.05) is 10.6 Å². The van der Waals surface area contributed by atoms with E-state index in [1.54, 1.807) is 19.1 Å². The van der Waals surface area contributed by atoms with E-state index in [1.165, 1.54) is 0 Å². The number of hydrogen-bond donors (Lipinski definition) is 3. The van der Waals surface area contributed by atoms with Crippen molar-refractivity contribution in [2.45, 2.75) is 32.6 Å². The summed E-state index contributed by atoms with van der Waals surface area (Å²) in [5, 5.41) is 14.2. The van der Waals surface area contributed by atoms with E-state index in [9.17, 15) is 14.4 Å². The number of aliphatic carboxylic acids is 1. The molecule has 0 bridgehead atoms. The Kier molecular flexibility index (Phi) is 4.57. The van der Waals surface area contributed by atoms with Gasteiger partial charge in [0, 0.05) is 30.6 Å². The maximum Gasteiger partial charge on any atom is 0.303 e. The highest BCUT2D eigenvalue weighted by atomic mass is 16.4. The first-order valence-electron chi connectivity index (χ1n) is 6.88. The molecular weight excluding hydrogens is 272 g/mol. The number of amides is 2. The number of carboxylic acid groups (broad SMARTS) is 1. The molecule has 0 spiro atoms. The molecule has 0 aromatic heterocycles. The van der Waals surface area contributed by atoms with Crippen LogP contribution < -0.4 is 10.6 Å². The van der Waals surface area contributed by atoms with Crippen molar-refractivity contribution < 1.29 is 19.5 Å². The number of hydrogen-bond acceptors (Lipinski definition) is 3. The fourth-order valence-electron chi connectivity index (χ4n) is 2.36. The molecule has 1 unspecified atom stereocenters. The van der Waals surface area contributed by atoms with E-state index >= 15 is 0 Å². The summed E-state index contributed by atoms with van der Waals surface area (Å²) >= 11 is 0. The van der Waals surface area contributed by atoms with Crippen LogP contribution in [0.25, 0.3) is 0 Å². The Hall–Kier alpha value is -2.37. The second kappa shape index (κ2) is 6.39. The molecule has 0 saturated carbocycles. The molecular formula is C15H18N2O4. The predicted molar refractivity (Wildman–Crippen MR) is 78.1 cm³/mol. The number of carbonyl (C=O) groups is 3. The van der Waals surface area contributed by atoms with Crippen LogP contribution in [0.3, 0.4) is 0 Å². The largest absolute Gasteiger partial charge is 0.481 e. The Morgan fingerprint density at radius 1 is 1.33 bits per heavy atom. The van der Waals surface area contributed by atoms with Crippen molar-refractivity contribution in [3.63, 3.8) is 0 Å². The van der Waals surface area contributed by atoms with Crippen LogP contribution in [0.15, 0.2) is 18.2 Å². The lowest BCUT2D eigenvalue weighted by molar-refractivity contribution is -0.138. The van der Waals surface area contributed by atoms with Gasteiger partial charge < -0.3 is 15.7 Å². The number of carbonyl (C=O) groups excluding carboxylic acids is 2. The molecule has 0 fully saturated rings. The van der Waals surface area contributed by atoms with Crippen LogP contribution in [0, 0.1) is 5.92 Å². The molecule has 2 rings (SSSR count). The molecule has 6 nitrogen and oxygen atoms in total. The standard InChI is InChI=1S/C15H18N2O4/c1-9(7-15(20)21)6-14(19)16-11-3-4-12-10(8-11)2-5-13(18)17-12/h3-4,8-9H,2,5-7H2,1H3,(H,16,19)(H,17,18)(H,20,21). The van der Waals surface area contributed by atoms with Gasteiger partial charge in [0.1, 0.15) is 0 Å². The molecule has 1 aromatic carbocycles. The second-order valence-corrected chi connectivity index (χ2v) is 5.38. The van der Waals surface area contributed by atoms with E-state index in [4.69, 9.17) is 5.11 Å². The Bertz CT molecular complexity index is 583. The molecule has 112 valence electrons. The van der Waals surface area contributed by atoms with E-state index in [0.717, 1.165) is 11.3 Å². The van der Waals surface area contributed by atoms with Crippen LogP contribution >= 0.6 is 0 Å². The number of aryl methyl sites for hydroxylation is 1. The summed E-state index contributed by atoms with van der Waals surface area (Å²) in [4.78, 5) is 33.7. The Morgan fingerprint density at radius 2 is 2.10 bits per heavy atom. The zero-order valence-corrected chi connectivity index (χ0v) is 11.8. The minimum Gasteiger partial charge on any atom is -0.481 e. The lowest BCUT2D eigenvalue weighted by atomic mass is 10.0. The molecule has 0 aliphatic carbocycles. The minimum absolute atomic E-state index is 0.00165. The number of fused-ring (bicyclic) bond motifs is 1. The van der Waals surface area contributed by atoms with Crippen molar-refractivity contribution in [2.24, 2.45) is 5.92 Å². The van der Waals surface area contributed by atoms with E-state index in [1.807, 2.05) is 6.07 Å². The van der Waals surface area contributed by atoms with Crippen LogP contribution in [-0.2, 0) is 20.8 Å². The van der Waals surface area contributed by atoms with Gasteiger partial charge in [-0.15, -0.1) is 0 Å². The summed E-state index contributed by atoms with van der Waals surface area (Å²) in [5.41, 5.74) is 2.44. The minimum atomic E-state index is -0.903. The molecule has 1 aliphatic heterocycles. The lowest BCUT2D eigenvalue weighted by Gasteiger charge is -2.18. The van der Waals surface area contributed by atoms with Gasteiger partial charge in [-0.25, -0.2) is 0 Å². The topological polar surface area (TPSA) is 95.5 Å². The molecule has 1 aliphatic rings. The summed E-state index contributed by atoms with van der Waals surface area (Å²) in [5.74, 6) is -1.32. The fraction of sp³-hybridized carbons (Fsp3) is 0.400. The number of rotatable bonds is 5. The highest BCUT2D eigenvalue weighted by molar-refractivity contribution is 5.95. The van der Waals surface area contributed by atoms with Crippen LogP contribution in [0.5, 0.6) is 0 Å². The Morgan fingerprint density at radius 3 is 2.81 bits per heavy atom. The summed E-state index contributed by atoms with van der Waals surface area (Å²) in [6.45, 7) is 1.73. The maximum atomic E-state index is 11.9. The molecule has 1 aromatic rings. The van der Waals surface area contributed by atoms with Crippen molar-refractivity contribution in [3.8, 4) is 0 Å². The number of carboxylic acids is 1. The van der Waals surface area contributed by atoms with Crippen LogP contribution in [-0.4, -0.2) is 22.9 Å². The van der Waals surface area contributed by atoms with E-state index in [-0.39, 0.29) is 30.6 Å². The molecule has 6 heteroatoms. The maximum absolute atomic E-state index is 11.9. The summed E-state index contributed by atoms with van der Waals surface area (Å²) < 4.78 is 0. The number of nitrogens with one attached hydrogen (secondary N) is 2. The van der Waals surface area contributed by atoms with Gasteiger partial charge in [-0.2, -0.15) is 0 Å². The van der Waals surface area contributed by atoms with Gasteiger partial charge in [-0.3, -0.25) is 14.4 Å².